The van der Waals surface area contributed by atoms with Gasteiger partial charge in [0.25, 0.3) is 5.91 Å². The molecule has 4 heterocycles. The van der Waals surface area contributed by atoms with Gasteiger partial charge in [-0.3, -0.25) is 14.5 Å². The summed E-state index contributed by atoms with van der Waals surface area (Å²) in [7, 11) is 1.57. The van der Waals surface area contributed by atoms with E-state index in [0.717, 1.165) is 5.69 Å². The number of halogens is 1. The Bertz CT molecular complexity index is 1340. The van der Waals surface area contributed by atoms with E-state index in [9.17, 15) is 9.59 Å². The van der Waals surface area contributed by atoms with Gasteiger partial charge in [0.15, 0.2) is 5.69 Å². The van der Waals surface area contributed by atoms with Gasteiger partial charge in [0.2, 0.25) is 0 Å². The minimum absolute atomic E-state index is 0.189. The molecule has 2 aromatic heterocycles. The van der Waals surface area contributed by atoms with E-state index in [2.05, 4.69) is 20.7 Å². The van der Waals surface area contributed by atoms with Gasteiger partial charge in [0, 0.05) is 50.6 Å². The summed E-state index contributed by atoms with van der Waals surface area (Å²) in [5.74, 6) is 0.575. The van der Waals surface area contributed by atoms with Crippen molar-refractivity contribution in [3.8, 4) is 17.2 Å². The predicted octanol–water partition coefficient (Wildman–Crippen LogP) is 2.25. The second kappa shape index (κ2) is 9.47. The highest BCUT2D eigenvalue weighted by molar-refractivity contribution is 6.30. The van der Waals surface area contributed by atoms with Crippen LogP contribution in [0.4, 0.5) is 5.69 Å². The zero-order valence-electron chi connectivity index (χ0n) is 20.3. The lowest BCUT2D eigenvalue weighted by Crippen LogP contribution is -2.52. The number of benzene rings is 1. The predicted molar refractivity (Wildman–Crippen MR) is 133 cm³/mol. The van der Waals surface area contributed by atoms with Crippen molar-refractivity contribution < 1.29 is 23.8 Å². The van der Waals surface area contributed by atoms with Crippen molar-refractivity contribution in [2.45, 2.75) is 19.4 Å². The Morgan fingerprint density at radius 1 is 1.33 bits per heavy atom. The maximum absolute atomic E-state index is 13.2. The van der Waals surface area contributed by atoms with Crippen LogP contribution in [0.2, 0.25) is 5.15 Å². The van der Waals surface area contributed by atoms with Crippen molar-refractivity contribution >= 4 is 40.1 Å². The molecule has 2 N–H and O–H groups in total. The summed E-state index contributed by atoms with van der Waals surface area (Å²) in [5.41, 5.74) is 1.65. The maximum Gasteiger partial charge on any atom is 0.320 e. The van der Waals surface area contributed by atoms with Gasteiger partial charge in [-0.25, -0.2) is 9.67 Å². The van der Waals surface area contributed by atoms with Crippen LogP contribution in [0, 0.1) is 0 Å². The van der Waals surface area contributed by atoms with Crippen LogP contribution in [0.15, 0.2) is 24.4 Å². The van der Waals surface area contributed by atoms with Crippen LogP contribution in [-0.2, 0) is 9.53 Å². The summed E-state index contributed by atoms with van der Waals surface area (Å²) in [6.45, 7) is 6.56. The Balaban J connectivity index is 1.43. The van der Waals surface area contributed by atoms with E-state index in [1.165, 1.54) is 6.20 Å². The first kappa shape index (κ1) is 24.1. The number of carbonyl (C=O) groups excluding carboxylic acids is 2. The quantitative estimate of drug-likeness (QED) is 0.377. The Labute approximate surface area is 212 Å². The van der Waals surface area contributed by atoms with Crippen LogP contribution in [-0.4, -0.2) is 83.6 Å². The molecule has 1 fully saturated rings. The molecule has 5 rings (SSSR count). The van der Waals surface area contributed by atoms with Crippen LogP contribution in [0.3, 0.4) is 0 Å². The molecule has 0 unspecified atom stereocenters. The molecule has 36 heavy (non-hydrogen) atoms. The highest BCUT2D eigenvalue weighted by Gasteiger charge is 2.32. The number of carbonyl (C=O) groups is 2. The first-order valence-electron chi connectivity index (χ1n) is 11.6. The fourth-order valence-corrected chi connectivity index (χ4v) is 4.69. The minimum Gasteiger partial charge on any atom is -0.494 e. The summed E-state index contributed by atoms with van der Waals surface area (Å²) in [6, 6.07) is 5.31. The molecule has 0 atom stereocenters. The third-order valence-corrected chi connectivity index (χ3v) is 6.20. The average molecular weight is 515 g/mol. The fourth-order valence-electron chi connectivity index (χ4n) is 4.54. The number of pyridine rings is 1. The summed E-state index contributed by atoms with van der Waals surface area (Å²) < 4.78 is 18.4. The smallest absolute Gasteiger partial charge is 0.320 e. The average Bonchev–Trinajstić information content (AvgIpc) is 3.20. The molecule has 0 radical (unpaired) electrons. The Hall–Kier alpha value is -3.57. The fraction of sp³-hybridized carbons (Fsp3) is 0.417. The number of nitrogens with zero attached hydrogens (tertiary/aromatic N) is 4. The Kier molecular flexibility index (Phi) is 6.35. The number of ether oxygens (including phenoxy) is 3. The van der Waals surface area contributed by atoms with Gasteiger partial charge in [-0.15, -0.1) is 0 Å². The van der Waals surface area contributed by atoms with Gasteiger partial charge in [-0.1, -0.05) is 11.6 Å². The van der Waals surface area contributed by atoms with E-state index in [4.69, 9.17) is 25.8 Å². The summed E-state index contributed by atoms with van der Waals surface area (Å²) in [4.78, 5) is 31.2. The molecule has 11 nitrogen and oxygen atoms in total. The number of rotatable bonds is 6. The van der Waals surface area contributed by atoms with Crippen LogP contribution in [0.25, 0.3) is 16.6 Å². The number of anilines is 1. The van der Waals surface area contributed by atoms with E-state index >= 15 is 0 Å². The van der Waals surface area contributed by atoms with Crippen LogP contribution < -0.4 is 20.1 Å². The molecule has 0 bridgehead atoms. The number of morpholine rings is 1. The molecule has 2 aliphatic heterocycles. The topological polar surface area (TPSA) is 120 Å². The van der Waals surface area contributed by atoms with Gasteiger partial charge in [0.1, 0.15) is 34.5 Å². The van der Waals surface area contributed by atoms with Crippen molar-refractivity contribution in [1.82, 2.24) is 25.0 Å². The van der Waals surface area contributed by atoms with Gasteiger partial charge in [-0.2, -0.15) is 5.10 Å². The number of esters is 1. The van der Waals surface area contributed by atoms with E-state index in [-0.39, 0.29) is 29.3 Å². The second-order valence-electron chi connectivity index (χ2n) is 9.28. The van der Waals surface area contributed by atoms with E-state index < -0.39 is 5.60 Å². The second-order valence-corrected chi connectivity index (χ2v) is 9.67. The number of fused-ring (bicyclic) bond motifs is 2. The van der Waals surface area contributed by atoms with Crippen LogP contribution >= 0.6 is 11.6 Å². The largest absolute Gasteiger partial charge is 0.494 e. The highest BCUT2D eigenvalue weighted by atomic mass is 35.5. The lowest BCUT2D eigenvalue weighted by atomic mass is 10.1. The van der Waals surface area contributed by atoms with Crippen molar-refractivity contribution in [3.05, 3.63) is 35.2 Å². The van der Waals surface area contributed by atoms with Crippen LogP contribution in [0.1, 0.15) is 24.3 Å². The molecule has 0 saturated carbocycles. The standard InChI is InChI=1S/C24H27ClN6O5/c1-24(2)13-30(12-21(32)36-24)6-4-27-23(33)22-14-11-28-20(25)10-16(14)31(29-22)17-9-18-15(8-19(17)34-3)26-5-7-35-18/h8-11,26H,4-7,12-13H2,1-3H3,(H,27,33). The normalized spacial score (nSPS) is 17.1. The third kappa shape index (κ3) is 4.76. The summed E-state index contributed by atoms with van der Waals surface area (Å²) in [6.07, 6.45) is 1.53. The molecular weight excluding hydrogens is 488 g/mol. The molecule has 2 aliphatic rings. The number of methoxy groups -OCH3 is 1. The molecule has 3 aromatic rings. The molecule has 0 aliphatic carbocycles. The molecule has 0 spiro atoms. The lowest BCUT2D eigenvalue weighted by Gasteiger charge is -2.37. The number of cyclic esters (lactones) is 1. The zero-order chi connectivity index (χ0) is 25.4. The van der Waals surface area contributed by atoms with Gasteiger partial charge in [0.05, 0.1) is 30.2 Å². The number of amides is 1. The van der Waals surface area contributed by atoms with E-state index in [0.29, 0.717) is 60.9 Å². The SMILES string of the molecule is COc1cc2c(cc1-n1nc(C(=O)NCCN3CC(=O)OC(C)(C)C3)c3cnc(Cl)cc31)OCCN2. The molecule has 1 saturated heterocycles. The third-order valence-electron chi connectivity index (χ3n) is 5.99. The lowest BCUT2D eigenvalue weighted by molar-refractivity contribution is -0.169. The van der Waals surface area contributed by atoms with Gasteiger partial charge < -0.3 is 24.8 Å². The zero-order valence-corrected chi connectivity index (χ0v) is 21.0. The van der Waals surface area contributed by atoms with Crippen LogP contribution in [0.5, 0.6) is 11.5 Å². The first-order chi connectivity index (χ1) is 17.2. The van der Waals surface area contributed by atoms with Crippen molar-refractivity contribution in [3.63, 3.8) is 0 Å². The molecule has 12 heteroatoms. The Morgan fingerprint density at radius 3 is 2.94 bits per heavy atom. The number of hydrogen-bond acceptors (Lipinski definition) is 9. The molecule has 1 aromatic carbocycles. The molecule has 1 amide bonds. The van der Waals surface area contributed by atoms with E-state index in [1.54, 1.807) is 17.9 Å². The van der Waals surface area contributed by atoms with Crippen molar-refractivity contribution in [2.24, 2.45) is 0 Å². The monoisotopic (exact) mass is 514 g/mol. The first-order valence-corrected chi connectivity index (χ1v) is 12.0. The van der Waals surface area contributed by atoms with Gasteiger partial charge in [-0.05, 0) is 13.8 Å². The Morgan fingerprint density at radius 2 is 2.17 bits per heavy atom. The summed E-state index contributed by atoms with van der Waals surface area (Å²) >= 11 is 6.20. The summed E-state index contributed by atoms with van der Waals surface area (Å²) in [5, 5.41) is 11.6. The van der Waals surface area contributed by atoms with E-state index in [1.807, 2.05) is 30.9 Å². The van der Waals surface area contributed by atoms with Crippen molar-refractivity contribution in [2.75, 3.05) is 51.8 Å². The molecular formula is C24H27ClN6O5. The van der Waals surface area contributed by atoms with Gasteiger partial charge >= 0.3 is 5.97 Å². The minimum atomic E-state index is -0.563. The number of aromatic nitrogens is 3. The number of nitrogens with one attached hydrogen (secondary N) is 2. The molecule has 190 valence electrons. The maximum atomic E-state index is 13.2. The number of hydrogen-bond donors (Lipinski definition) is 2. The van der Waals surface area contributed by atoms with Crippen molar-refractivity contribution in [1.29, 1.82) is 0 Å². The highest BCUT2D eigenvalue weighted by Crippen LogP contribution is 2.38.